The Balaban J connectivity index is 2.43. The summed E-state index contributed by atoms with van der Waals surface area (Å²) in [6.45, 7) is 0. The fourth-order valence-corrected chi connectivity index (χ4v) is 1.42. The van der Waals surface area contributed by atoms with Crippen LogP contribution < -0.4 is 0 Å². The van der Waals surface area contributed by atoms with Gasteiger partial charge in [0.2, 0.25) is 0 Å². The number of methoxy groups -OCH3 is 1. The van der Waals surface area contributed by atoms with Crippen LogP contribution in [0, 0.1) is 0 Å². The first-order valence-corrected chi connectivity index (χ1v) is 4.20. The van der Waals surface area contributed by atoms with Crippen molar-refractivity contribution in [1.29, 1.82) is 0 Å². The molecule has 0 radical (unpaired) electrons. The van der Waals surface area contributed by atoms with Crippen LogP contribution in [0.1, 0.15) is 25.7 Å². The summed E-state index contributed by atoms with van der Waals surface area (Å²) in [6.07, 6.45) is 7.83. The molecule has 0 spiro atoms. The van der Waals surface area contributed by atoms with Gasteiger partial charge in [-0.25, -0.2) is 0 Å². The first-order chi connectivity index (χ1) is 5.34. The van der Waals surface area contributed by atoms with Gasteiger partial charge in [0.1, 0.15) is 0 Å². The van der Waals surface area contributed by atoms with Gasteiger partial charge in [-0.05, 0) is 25.7 Å². The molecule has 0 aliphatic heterocycles. The zero-order valence-corrected chi connectivity index (χ0v) is 6.99. The Labute approximate surface area is 67.9 Å². The second kappa shape index (κ2) is 4.52. The van der Waals surface area contributed by atoms with Crippen molar-refractivity contribution in [3.63, 3.8) is 0 Å². The predicted octanol–water partition coefficient (Wildman–Crippen LogP) is 1.49. The zero-order chi connectivity index (χ0) is 8.10. The molecule has 0 saturated carbocycles. The number of hydrogen-bond acceptors (Lipinski definition) is 2. The van der Waals surface area contributed by atoms with Gasteiger partial charge < -0.3 is 9.84 Å². The van der Waals surface area contributed by atoms with Crippen LogP contribution in [-0.4, -0.2) is 24.4 Å². The second-order valence-corrected chi connectivity index (χ2v) is 2.97. The Morgan fingerprint density at radius 3 is 2.55 bits per heavy atom. The molecule has 0 bridgehead atoms. The van der Waals surface area contributed by atoms with Gasteiger partial charge in [-0.2, -0.15) is 0 Å². The van der Waals surface area contributed by atoms with Gasteiger partial charge in [0, 0.05) is 7.11 Å². The Morgan fingerprint density at radius 2 is 1.91 bits per heavy atom. The maximum absolute atomic E-state index is 9.52. The van der Waals surface area contributed by atoms with E-state index >= 15 is 0 Å². The Kier molecular flexibility index (Phi) is 3.60. The molecule has 1 aliphatic carbocycles. The zero-order valence-electron chi connectivity index (χ0n) is 6.99. The molecular weight excluding hydrogens is 140 g/mol. The van der Waals surface area contributed by atoms with Crippen LogP contribution in [0.5, 0.6) is 0 Å². The number of aliphatic hydroxyl groups is 1. The van der Waals surface area contributed by atoms with E-state index < -0.39 is 0 Å². The summed E-state index contributed by atoms with van der Waals surface area (Å²) in [4.78, 5) is 0. The van der Waals surface area contributed by atoms with Crippen molar-refractivity contribution in [1.82, 2.24) is 0 Å². The number of ether oxygens (including phenoxy) is 1. The van der Waals surface area contributed by atoms with E-state index in [0.717, 1.165) is 25.7 Å². The lowest BCUT2D eigenvalue weighted by atomic mass is 10.0. The van der Waals surface area contributed by atoms with Gasteiger partial charge in [-0.3, -0.25) is 0 Å². The number of rotatable bonds is 1. The SMILES string of the molecule is CO[C@H]1CC/C=C\CC[C@@H]1O. The average molecular weight is 156 g/mol. The Bertz CT molecular complexity index is 132. The van der Waals surface area contributed by atoms with Gasteiger partial charge in [0.05, 0.1) is 12.2 Å². The molecule has 0 heterocycles. The van der Waals surface area contributed by atoms with Crippen molar-refractivity contribution >= 4 is 0 Å². The minimum Gasteiger partial charge on any atom is -0.390 e. The fourth-order valence-electron chi connectivity index (χ4n) is 1.42. The van der Waals surface area contributed by atoms with Gasteiger partial charge in [-0.15, -0.1) is 0 Å². The van der Waals surface area contributed by atoms with E-state index in [1.807, 2.05) is 0 Å². The van der Waals surface area contributed by atoms with E-state index in [4.69, 9.17) is 4.74 Å². The quantitative estimate of drug-likeness (QED) is 0.583. The van der Waals surface area contributed by atoms with Crippen LogP contribution in [0.4, 0.5) is 0 Å². The van der Waals surface area contributed by atoms with Gasteiger partial charge in [0.25, 0.3) is 0 Å². The van der Waals surface area contributed by atoms with Crippen molar-refractivity contribution < 1.29 is 9.84 Å². The molecular formula is C9H16O2. The molecule has 1 N–H and O–H groups in total. The minimum absolute atomic E-state index is 0.0416. The largest absolute Gasteiger partial charge is 0.390 e. The third-order valence-electron chi connectivity index (χ3n) is 2.15. The van der Waals surface area contributed by atoms with Crippen molar-refractivity contribution in [3.8, 4) is 0 Å². The molecule has 0 amide bonds. The number of aliphatic hydroxyl groups excluding tert-OH is 1. The highest BCUT2D eigenvalue weighted by atomic mass is 16.5. The van der Waals surface area contributed by atoms with E-state index in [9.17, 15) is 5.11 Å². The molecule has 2 nitrogen and oxygen atoms in total. The van der Waals surface area contributed by atoms with Crippen LogP contribution >= 0.6 is 0 Å². The lowest BCUT2D eigenvalue weighted by Crippen LogP contribution is -2.28. The second-order valence-electron chi connectivity index (χ2n) is 2.97. The minimum atomic E-state index is -0.273. The van der Waals surface area contributed by atoms with E-state index in [-0.39, 0.29) is 12.2 Å². The van der Waals surface area contributed by atoms with Crippen LogP contribution in [0.2, 0.25) is 0 Å². The van der Waals surface area contributed by atoms with Crippen molar-refractivity contribution in [3.05, 3.63) is 12.2 Å². The van der Waals surface area contributed by atoms with Gasteiger partial charge in [-0.1, -0.05) is 12.2 Å². The standard InChI is InChI=1S/C9H16O2/c1-11-9-7-5-3-2-4-6-8(9)10/h2-3,8-10H,4-7H2,1H3/b3-2-/t8-,9-/m0/s1. The van der Waals surface area contributed by atoms with Crippen LogP contribution in [0.3, 0.4) is 0 Å². The van der Waals surface area contributed by atoms with Crippen molar-refractivity contribution in [2.24, 2.45) is 0 Å². The molecule has 64 valence electrons. The number of allylic oxidation sites excluding steroid dienone is 2. The third kappa shape index (κ3) is 2.64. The summed E-state index contributed by atoms with van der Waals surface area (Å²) in [5.41, 5.74) is 0. The highest BCUT2D eigenvalue weighted by Crippen LogP contribution is 2.15. The maximum atomic E-state index is 9.52. The number of hydrogen-bond donors (Lipinski definition) is 1. The van der Waals surface area contributed by atoms with Gasteiger partial charge in [0.15, 0.2) is 0 Å². The summed E-state index contributed by atoms with van der Waals surface area (Å²) >= 11 is 0. The van der Waals surface area contributed by atoms with E-state index in [1.165, 1.54) is 0 Å². The normalized spacial score (nSPS) is 35.8. The predicted molar refractivity (Wildman–Crippen MR) is 44.4 cm³/mol. The molecule has 0 aromatic rings. The van der Waals surface area contributed by atoms with Crippen LogP contribution in [0.25, 0.3) is 0 Å². The molecule has 0 aromatic carbocycles. The smallest absolute Gasteiger partial charge is 0.0833 e. The first-order valence-electron chi connectivity index (χ1n) is 4.20. The van der Waals surface area contributed by atoms with E-state index in [0.29, 0.717) is 0 Å². The Hall–Kier alpha value is -0.340. The fraction of sp³-hybridized carbons (Fsp3) is 0.778. The molecule has 0 unspecified atom stereocenters. The maximum Gasteiger partial charge on any atom is 0.0833 e. The molecule has 0 aromatic heterocycles. The molecule has 0 saturated heterocycles. The summed E-state index contributed by atoms with van der Waals surface area (Å²) in [7, 11) is 1.67. The average Bonchev–Trinajstić information content (AvgIpc) is 1.98. The molecule has 11 heavy (non-hydrogen) atoms. The molecule has 1 aliphatic rings. The summed E-state index contributed by atoms with van der Waals surface area (Å²) in [6, 6.07) is 0. The molecule has 2 atom stereocenters. The highest BCUT2D eigenvalue weighted by molar-refractivity contribution is 4.88. The van der Waals surface area contributed by atoms with Crippen molar-refractivity contribution in [2.45, 2.75) is 37.9 Å². The first kappa shape index (κ1) is 8.75. The summed E-state index contributed by atoms with van der Waals surface area (Å²) < 4.78 is 5.16. The summed E-state index contributed by atoms with van der Waals surface area (Å²) in [5, 5.41) is 9.52. The van der Waals surface area contributed by atoms with E-state index in [2.05, 4.69) is 12.2 Å². The highest BCUT2D eigenvalue weighted by Gasteiger charge is 2.17. The lowest BCUT2D eigenvalue weighted by Gasteiger charge is -2.21. The van der Waals surface area contributed by atoms with E-state index in [1.54, 1.807) is 7.11 Å². The molecule has 1 rings (SSSR count). The monoisotopic (exact) mass is 156 g/mol. The lowest BCUT2D eigenvalue weighted by molar-refractivity contribution is -0.0196. The topological polar surface area (TPSA) is 29.5 Å². The molecule has 0 fully saturated rings. The van der Waals surface area contributed by atoms with Crippen molar-refractivity contribution in [2.75, 3.05) is 7.11 Å². The third-order valence-corrected chi connectivity index (χ3v) is 2.15. The van der Waals surface area contributed by atoms with Crippen LogP contribution in [0.15, 0.2) is 12.2 Å². The molecule has 2 heteroatoms. The Morgan fingerprint density at radius 1 is 1.27 bits per heavy atom. The summed E-state index contributed by atoms with van der Waals surface area (Å²) in [5.74, 6) is 0. The van der Waals surface area contributed by atoms with Gasteiger partial charge >= 0.3 is 0 Å². The van der Waals surface area contributed by atoms with Crippen LogP contribution in [-0.2, 0) is 4.74 Å².